The zero-order chi connectivity index (χ0) is 13.2. The van der Waals surface area contributed by atoms with Crippen LogP contribution in [0.2, 0.25) is 0 Å². The number of benzene rings is 1. The van der Waals surface area contributed by atoms with Gasteiger partial charge in [0, 0.05) is 26.1 Å². The number of piperidine rings is 1. The van der Waals surface area contributed by atoms with E-state index in [1.165, 1.54) is 0 Å². The Morgan fingerprint density at radius 2 is 2.11 bits per heavy atom. The predicted molar refractivity (Wildman–Crippen MR) is 73.0 cm³/mol. The van der Waals surface area contributed by atoms with Crippen LogP contribution in [0.1, 0.15) is 12.8 Å². The van der Waals surface area contributed by atoms with E-state index in [0.29, 0.717) is 6.01 Å². The van der Waals surface area contributed by atoms with Gasteiger partial charge in [0.15, 0.2) is 5.58 Å². The van der Waals surface area contributed by atoms with E-state index in [2.05, 4.69) is 15.2 Å². The molecule has 0 unspecified atom stereocenters. The van der Waals surface area contributed by atoms with E-state index in [1.54, 1.807) is 7.05 Å². The fourth-order valence-electron chi connectivity index (χ4n) is 2.53. The van der Waals surface area contributed by atoms with Gasteiger partial charge in [-0.2, -0.15) is 4.98 Å². The number of carbonyl (C=O) groups is 1. The van der Waals surface area contributed by atoms with Crippen molar-refractivity contribution >= 4 is 23.0 Å². The molecular formula is C14H17N3O2. The highest BCUT2D eigenvalue weighted by molar-refractivity contribution is 5.78. The van der Waals surface area contributed by atoms with Gasteiger partial charge in [-0.15, -0.1) is 0 Å². The predicted octanol–water partition coefficient (Wildman–Crippen LogP) is 1.79. The van der Waals surface area contributed by atoms with Crippen molar-refractivity contribution in [2.75, 3.05) is 25.0 Å². The Labute approximate surface area is 111 Å². The van der Waals surface area contributed by atoms with Crippen LogP contribution in [0.3, 0.4) is 0 Å². The van der Waals surface area contributed by atoms with Crippen molar-refractivity contribution in [3.63, 3.8) is 0 Å². The average molecular weight is 259 g/mol. The lowest BCUT2D eigenvalue weighted by Crippen LogP contribution is -2.39. The molecule has 1 saturated heterocycles. The molecule has 1 aliphatic rings. The van der Waals surface area contributed by atoms with Gasteiger partial charge >= 0.3 is 0 Å². The molecule has 1 aromatic heterocycles. The maximum absolute atomic E-state index is 11.6. The van der Waals surface area contributed by atoms with Crippen LogP contribution < -0.4 is 10.2 Å². The number of para-hydroxylation sites is 2. The van der Waals surface area contributed by atoms with Crippen LogP contribution in [0.5, 0.6) is 0 Å². The number of aromatic nitrogens is 1. The summed E-state index contributed by atoms with van der Waals surface area (Å²) >= 11 is 0. The highest BCUT2D eigenvalue weighted by atomic mass is 16.4. The normalized spacial score (nSPS) is 16.8. The van der Waals surface area contributed by atoms with Crippen LogP contribution in [0.25, 0.3) is 11.1 Å². The standard InChI is InChI=1S/C14H17N3O2/c1-15-13(18)10-6-8-17(9-7-10)14-16-11-4-2-3-5-12(11)19-14/h2-5,10H,6-9H2,1H3,(H,15,18). The Kier molecular flexibility index (Phi) is 3.11. The SMILES string of the molecule is CNC(=O)C1CCN(c2nc3ccccc3o2)CC1. The number of nitrogens with zero attached hydrogens (tertiary/aromatic N) is 2. The van der Waals surface area contributed by atoms with Gasteiger partial charge in [-0.1, -0.05) is 12.1 Å². The van der Waals surface area contributed by atoms with Crippen LogP contribution in [-0.4, -0.2) is 31.0 Å². The van der Waals surface area contributed by atoms with Crippen molar-refractivity contribution in [1.29, 1.82) is 0 Å². The lowest BCUT2D eigenvalue weighted by molar-refractivity contribution is -0.125. The van der Waals surface area contributed by atoms with E-state index in [0.717, 1.165) is 37.0 Å². The number of anilines is 1. The molecule has 19 heavy (non-hydrogen) atoms. The van der Waals surface area contributed by atoms with Crippen LogP contribution in [-0.2, 0) is 4.79 Å². The summed E-state index contributed by atoms with van der Waals surface area (Å²) in [6.07, 6.45) is 1.69. The topological polar surface area (TPSA) is 58.4 Å². The first-order valence-corrected chi connectivity index (χ1v) is 6.60. The quantitative estimate of drug-likeness (QED) is 0.893. The van der Waals surface area contributed by atoms with E-state index in [4.69, 9.17) is 4.42 Å². The maximum Gasteiger partial charge on any atom is 0.298 e. The number of amides is 1. The van der Waals surface area contributed by atoms with Crippen molar-refractivity contribution in [2.45, 2.75) is 12.8 Å². The third-order valence-corrected chi connectivity index (χ3v) is 3.67. The molecule has 0 atom stereocenters. The van der Waals surface area contributed by atoms with Gasteiger partial charge < -0.3 is 14.6 Å². The molecule has 0 spiro atoms. The molecule has 2 heterocycles. The van der Waals surface area contributed by atoms with Gasteiger partial charge in [-0.3, -0.25) is 4.79 Å². The average Bonchev–Trinajstić information content (AvgIpc) is 2.90. The number of hydrogen-bond donors (Lipinski definition) is 1. The van der Waals surface area contributed by atoms with Crippen molar-refractivity contribution in [1.82, 2.24) is 10.3 Å². The molecular weight excluding hydrogens is 242 g/mol. The molecule has 0 aliphatic carbocycles. The second-order valence-corrected chi connectivity index (χ2v) is 4.84. The zero-order valence-corrected chi connectivity index (χ0v) is 10.9. The van der Waals surface area contributed by atoms with Crippen molar-refractivity contribution in [2.24, 2.45) is 5.92 Å². The summed E-state index contributed by atoms with van der Waals surface area (Å²) in [5.74, 6) is 0.253. The molecule has 5 nitrogen and oxygen atoms in total. The molecule has 3 rings (SSSR count). The molecule has 2 aromatic rings. The minimum atomic E-state index is 0.116. The molecule has 1 N–H and O–H groups in total. The Morgan fingerprint density at radius 3 is 2.79 bits per heavy atom. The number of fused-ring (bicyclic) bond motifs is 1. The first-order chi connectivity index (χ1) is 9.28. The number of rotatable bonds is 2. The molecule has 1 fully saturated rings. The largest absolute Gasteiger partial charge is 0.423 e. The number of hydrogen-bond acceptors (Lipinski definition) is 4. The summed E-state index contributed by atoms with van der Waals surface area (Å²) in [7, 11) is 1.69. The Morgan fingerprint density at radius 1 is 1.37 bits per heavy atom. The van der Waals surface area contributed by atoms with Gasteiger partial charge in [-0.25, -0.2) is 0 Å². The van der Waals surface area contributed by atoms with E-state index in [-0.39, 0.29) is 11.8 Å². The lowest BCUT2D eigenvalue weighted by atomic mass is 9.96. The Bertz CT molecular complexity index is 552. The summed E-state index contributed by atoms with van der Waals surface area (Å²) in [5, 5.41) is 2.71. The Hall–Kier alpha value is -2.04. The van der Waals surface area contributed by atoms with Gasteiger partial charge in [0.05, 0.1) is 0 Å². The second kappa shape index (κ2) is 4.91. The van der Waals surface area contributed by atoms with E-state index in [1.807, 2.05) is 24.3 Å². The maximum atomic E-state index is 11.6. The fourth-order valence-corrected chi connectivity index (χ4v) is 2.53. The third kappa shape index (κ3) is 2.28. The highest BCUT2D eigenvalue weighted by Gasteiger charge is 2.26. The third-order valence-electron chi connectivity index (χ3n) is 3.67. The van der Waals surface area contributed by atoms with Crippen LogP contribution in [0.4, 0.5) is 6.01 Å². The number of carbonyl (C=O) groups excluding carboxylic acids is 1. The van der Waals surface area contributed by atoms with Crippen molar-refractivity contribution in [3.8, 4) is 0 Å². The minimum Gasteiger partial charge on any atom is -0.423 e. The second-order valence-electron chi connectivity index (χ2n) is 4.84. The summed E-state index contributed by atoms with van der Waals surface area (Å²) in [6.45, 7) is 1.62. The van der Waals surface area contributed by atoms with Crippen molar-refractivity contribution in [3.05, 3.63) is 24.3 Å². The first-order valence-electron chi connectivity index (χ1n) is 6.60. The smallest absolute Gasteiger partial charge is 0.298 e. The summed E-state index contributed by atoms with van der Waals surface area (Å²) in [6, 6.07) is 8.42. The van der Waals surface area contributed by atoms with E-state index < -0.39 is 0 Å². The number of nitrogens with one attached hydrogen (secondary N) is 1. The molecule has 0 saturated carbocycles. The minimum absolute atomic E-state index is 0.116. The summed E-state index contributed by atoms with van der Waals surface area (Å²) in [4.78, 5) is 18.2. The van der Waals surface area contributed by atoms with Gasteiger partial charge in [-0.05, 0) is 25.0 Å². The summed E-state index contributed by atoms with van der Waals surface area (Å²) < 4.78 is 5.74. The van der Waals surface area contributed by atoms with Gasteiger partial charge in [0.25, 0.3) is 6.01 Å². The van der Waals surface area contributed by atoms with E-state index in [9.17, 15) is 4.79 Å². The molecule has 1 aliphatic heterocycles. The summed E-state index contributed by atoms with van der Waals surface area (Å²) in [5.41, 5.74) is 1.69. The van der Waals surface area contributed by atoms with Crippen molar-refractivity contribution < 1.29 is 9.21 Å². The van der Waals surface area contributed by atoms with E-state index >= 15 is 0 Å². The molecule has 1 amide bonds. The highest BCUT2D eigenvalue weighted by Crippen LogP contribution is 2.26. The van der Waals surface area contributed by atoms with Crippen LogP contribution in [0.15, 0.2) is 28.7 Å². The van der Waals surface area contributed by atoms with Crippen LogP contribution >= 0.6 is 0 Å². The van der Waals surface area contributed by atoms with Crippen LogP contribution in [0, 0.1) is 5.92 Å². The first kappa shape index (κ1) is 12.0. The molecule has 0 bridgehead atoms. The molecule has 1 aromatic carbocycles. The molecule has 5 heteroatoms. The Balaban J connectivity index is 1.72. The molecule has 0 radical (unpaired) electrons. The monoisotopic (exact) mass is 259 g/mol. The molecule has 100 valence electrons. The lowest BCUT2D eigenvalue weighted by Gasteiger charge is -2.29. The van der Waals surface area contributed by atoms with Gasteiger partial charge in [0.1, 0.15) is 5.52 Å². The number of oxazole rings is 1. The fraction of sp³-hybridized carbons (Fsp3) is 0.429. The zero-order valence-electron chi connectivity index (χ0n) is 10.9. The van der Waals surface area contributed by atoms with Gasteiger partial charge in [0.2, 0.25) is 5.91 Å².